The lowest BCUT2D eigenvalue weighted by Gasteiger charge is -2.43. The molecular formula is C27H22ClN3O2. The first-order valence-corrected chi connectivity index (χ1v) is 11.4. The highest BCUT2D eigenvalue weighted by atomic mass is 35.5. The second kappa shape index (κ2) is 8.73. The van der Waals surface area contributed by atoms with Crippen molar-refractivity contribution in [2.45, 2.75) is 18.9 Å². The van der Waals surface area contributed by atoms with Crippen LogP contribution in [0, 0.1) is 17.2 Å². The van der Waals surface area contributed by atoms with Crippen LogP contribution in [0.4, 0.5) is 0 Å². The molecule has 6 heteroatoms. The van der Waals surface area contributed by atoms with E-state index in [4.69, 9.17) is 16.9 Å². The Labute approximate surface area is 197 Å². The Morgan fingerprint density at radius 3 is 2.45 bits per heavy atom. The van der Waals surface area contributed by atoms with E-state index in [1.54, 1.807) is 24.3 Å². The fraction of sp³-hybridized carbons (Fsp3) is 0.222. The highest BCUT2D eigenvalue weighted by molar-refractivity contribution is 6.30. The van der Waals surface area contributed by atoms with Gasteiger partial charge in [0.15, 0.2) is 0 Å². The second-order valence-electron chi connectivity index (χ2n) is 8.71. The summed E-state index contributed by atoms with van der Waals surface area (Å²) in [6, 6.07) is 20.2. The van der Waals surface area contributed by atoms with E-state index in [0.29, 0.717) is 41.3 Å². The van der Waals surface area contributed by atoms with Crippen molar-refractivity contribution in [3.63, 3.8) is 0 Å². The van der Waals surface area contributed by atoms with Crippen molar-refractivity contribution in [2.24, 2.45) is 5.92 Å². The number of hydrogen-bond donors (Lipinski definition) is 0. The molecule has 33 heavy (non-hydrogen) atoms. The molecule has 0 aliphatic carbocycles. The summed E-state index contributed by atoms with van der Waals surface area (Å²) in [5.41, 5.74) is 3.77. The number of amides is 1. The van der Waals surface area contributed by atoms with Crippen molar-refractivity contribution in [2.75, 3.05) is 13.1 Å². The smallest absolute Gasteiger partial charge is 0.258 e. The Kier molecular flexibility index (Phi) is 5.62. The number of nitrogens with zero attached hydrogens (tertiary/aromatic N) is 3. The molecule has 1 saturated heterocycles. The van der Waals surface area contributed by atoms with E-state index in [1.807, 2.05) is 58.0 Å². The minimum Gasteiger partial charge on any atom is -0.338 e. The van der Waals surface area contributed by atoms with Crippen molar-refractivity contribution >= 4 is 29.7 Å². The first-order chi connectivity index (χ1) is 16.0. The Balaban J connectivity index is 1.37. The third kappa shape index (κ3) is 4.22. The zero-order chi connectivity index (χ0) is 22.9. The maximum atomic E-state index is 13.2. The molecule has 2 aliphatic rings. The number of fused-ring (bicyclic) bond motifs is 4. The SMILES string of the molecule is N#Cc1ccc(C(=O)N2CC3CC(C2)c2ccc(C=Cc4ccc(Cl)cc4)c(=O)n2C3)cc1. The first-order valence-electron chi connectivity index (χ1n) is 11.0. The molecule has 164 valence electrons. The largest absolute Gasteiger partial charge is 0.338 e. The highest BCUT2D eigenvalue weighted by Gasteiger charge is 2.36. The van der Waals surface area contributed by atoms with Gasteiger partial charge in [-0.2, -0.15) is 5.26 Å². The monoisotopic (exact) mass is 455 g/mol. The van der Waals surface area contributed by atoms with E-state index in [0.717, 1.165) is 17.7 Å². The molecule has 1 amide bonds. The van der Waals surface area contributed by atoms with Crippen molar-refractivity contribution in [1.82, 2.24) is 9.47 Å². The van der Waals surface area contributed by atoms with E-state index >= 15 is 0 Å². The number of benzene rings is 2. The molecule has 1 fully saturated rings. The molecule has 0 spiro atoms. The number of carbonyl (C=O) groups excluding carboxylic acids is 1. The molecular weight excluding hydrogens is 434 g/mol. The van der Waals surface area contributed by atoms with Crippen LogP contribution in [0.3, 0.4) is 0 Å². The third-order valence-corrected chi connectivity index (χ3v) is 6.76. The molecule has 2 unspecified atom stereocenters. The predicted octanol–water partition coefficient (Wildman–Crippen LogP) is 4.80. The van der Waals surface area contributed by atoms with Gasteiger partial charge >= 0.3 is 0 Å². The van der Waals surface area contributed by atoms with Crippen LogP contribution in [0.15, 0.2) is 65.5 Å². The van der Waals surface area contributed by atoms with Crippen molar-refractivity contribution < 1.29 is 4.79 Å². The number of aromatic nitrogens is 1. The lowest BCUT2D eigenvalue weighted by atomic mass is 9.82. The minimum atomic E-state index is -0.0208. The molecule has 2 atom stereocenters. The van der Waals surface area contributed by atoms with Crippen molar-refractivity contribution in [3.8, 4) is 6.07 Å². The molecule has 2 bridgehead atoms. The fourth-order valence-corrected chi connectivity index (χ4v) is 5.01. The molecule has 2 aliphatic heterocycles. The Hall–Kier alpha value is -3.62. The molecule has 2 aromatic carbocycles. The number of pyridine rings is 1. The summed E-state index contributed by atoms with van der Waals surface area (Å²) >= 11 is 5.94. The van der Waals surface area contributed by atoms with E-state index in [1.165, 1.54) is 0 Å². The molecule has 3 heterocycles. The molecule has 0 radical (unpaired) electrons. The average molecular weight is 456 g/mol. The van der Waals surface area contributed by atoms with Crippen molar-refractivity contribution in [3.05, 3.63) is 104 Å². The maximum Gasteiger partial charge on any atom is 0.258 e. The van der Waals surface area contributed by atoms with Gasteiger partial charge in [-0.25, -0.2) is 0 Å². The molecule has 0 N–H and O–H groups in total. The number of rotatable bonds is 3. The summed E-state index contributed by atoms with van der Waals surface area (Å²) in [6.45, 7) is 1.84. The summed E-state index contributed by atoms with van der Waals surface area (Å²) < 4.78 is 1.89. The Bertz CT molecular complexity index is 1330. The second-order valence-corrected chi connectivity index (χ2v) is 9.15. The van der Waals surface area contributed by atoms with E-state index < -0.39 is 0 Å². The van der Waals surface area contributed by atoms with E-state index in [2.05, 4.69) is 6.07 Å². The number of carbonyl (C=O) groups is 1. The van der Waals surface area contributed by atoms with Gasteiger partial charge in [-0.05, 0) is 72.5 Å². The number of hydrogen-bond acceptors (Lipinski definition) is 3. The summed E-state index contributed by atoms with van der Waals surface area (Å²) in [5.74, 6) is 0.362. The summed E-state index contributed by atoms with van der Waals surface area (Å²) in [4.78, 5) is 28.2. The molecule has 5 rings (SSSR count). The van der Waals surface area contributed by atoms with Gasteiger partial charge in [0.05, 0.1) is 11.6 Å². The number of likely N-dealkylation sites (tertiary alicyclic amines) is 1. The van der Waals surface area contributed by atoms with Crippen LogP contribution in [-0.2, 0) is 6.54 Å². The summed E-state index contributed by atoms with van der Waals surface area (Å²) in [6.07, 6.45) is 4.75. The van der Waals surface area contributed by atoms with Gasteiger partial charge in [0, 0.05) is 47.4 Å². The van der Waals surface area contributed by atoms with Crippen LogP contribution in [-0.4, -0.2) is 28.5 Å². The summed E-state index contributed by atoms with van der Waals surface area (Å²) in [5, 5.41) is 9.66. The minimum absolute atomic E-state index is 0.0132. The normalized spacial score (nSPS) is 19.2. The highest BCUT2D eigenvalue weighted by Crippen LogP contribution is 2.35. The number of nitriles is 1. The van der Waals surface area contributed by atoms with Gasteiger partial charge in [-0.3, -0.25) is 9.59 Å². The molecule has 3 aromatic rings. The van der Waals surface area contributed by atoms with Crippen LogP contribution in [0.5, 0.6) is 0 Å². The Morgan fingerprint density at radius 2 is 1.73 bits per heavy atom. The van der Waals surface area contributed by atoms with Gasteiger partial charge in [0.25, 0.3) is 11.5 Å². The lowest BCUT2D eigenvalue weighted by molar-refractivity contribution is 0.0594. The third-order valence-electron chi connectivity index (χ3n) is 6.51. The van der Waals surface area contributed by atoms with Crippen LogP contribution in [0.1, 0.15) is 45.1 Å². The first kappa shape index (κ1) is 21.2. The van der Waals surface area contributed by atoms with E-state index in [9.17, 15) is 9.59 Å². The topological polar surface area (TPSA) is 66.1 Å². The maximum absolute atomic E-state index is 13.2. The lowest BCUT2D eigenvalue weighted by Crippen LogP contribution is -2.49. The molecule has 1 aromatic heterocycles. The van der Waals surface area contributed by atoms with Crippen molar-refractivity contribution in [1.29, 1.82) is 5.26 Å². The fourth-order valence-electron chi connectivity index (χ4n) is 4.89. The summed E-state index contributed by atoms with van der Waals surface area (Å²) in [7, 11) is 0. The van der Waals surface area contributed by atoms with Crippen LogP contribution >= 0.6 is 11.6 Å². The standard InChI is InChI=1S/C27H22ClN3O2/c28-24-10-4-18(5-11-24)1-6-22-9-12-25-23-13-20(16-31(25)27(22)33)15-30(17-23)26(32)21-7-2-19(14-29)3-8-21/h1-12,20,23H,13,15-17H2. The van der Waals surface area contributed by atoms with Crippen LogP contribution in [0.25, 0.3) is 12.2 Å². The van der Waals surface area contributed by atoms with Gasteiger partial charge in [0.2, 0.25) is 0 Å². The van der Waals surface area contributed by atoms with Crippen LogP contribution < -0.4 is 5.56 Å². The molecule has 0 saturated carbocycles. The number of halogens is 1. The zero-order valence-corrected chi connectivity index (χ0v) is 18.7. The molecule has 5 nitrogen and oxygen atoms in total. The van der Waals surface area contributed by atoms with Gasteiger partial charge in [-0.1, -0.05) is 29.8 Å². The van der Waals surface area contributed by atoms with Gasteiger partial charge in [0.1, 0.15) is 0 Å². The van der Waals surface area contributed by atoms with Gasteiger partial charge < -0.3 is 9.47 Å². The average Bonchev–Trinajstić information content (AvgIpc) is 2.84. The Morgan fingerprint density at radius 1 is 0.970 bits per heavy atom. The number of piperidine rings is 1. The quantitative estimate of drug-likeness (QED) is 0.569. The van der Waals surface area contributed by atoms with Crippen LogP contribution in [0.2, 0.25) is 5.02 Å². The van der Waals surface area contributed by atoms with Gasteiger partial charge in [-0.15, -0.1) is 0 Å². The predicted molar refractivity (Wildman–Crippen MR) is 129 cm³/mol. The van der Waals surface area contributed by atoms with E-state index in [-0.39, 0.29) is 23.3 Å². The zero-order valence-electron chi connectivity index (χ0n) is 17.9.